The first-order chi connectivity index (χ1) is 8.59. The van der Waals surface area contributed by atoms with Gasteiger partial charge in [-0.05, 0) is 18.1 Å². The molecule has 18 heavy (non-hydrogen) atoms. The fourth-order valence-electron chi connectivity index (χ4n) is 2.38. The molecule has 0 saturated heterocycles. The zero-order valence-electron chi connectivity index (χ0n) is 9.21. The largest absolute Gasteiger partial charge is 0.511 e. The van der Waals surface area contributed by atoms with Gasteiger partial charge in [0.05, 0.1) is 5.52 Å². The van der Waals surface area contributed by atoms with Gasteiger partial charge in [0, 0.05) is 11.9 Å². The van der Waals surface area contributed by atoms with Crippen LogP contribution in [0, 0.1) is 0 Å². The normalized spacial score (nSPS) is 12.9. The lowest BCUT2D eigenvalue weighted by atomic mass is 10.1. The van der Waals surface area contributed by atoms with E-state index in [-0.39, 0.29) is 0 Å². The molecule has 1 aliphatic rings. The summed E-state index contributed by atoms with van der Waals surface area (Å²) in [4.78, 5) is 22.6. The number of pyridine rings is 1. The summed E-state index contributed by atoms with van der Waals surface area (Å²) in [7, 11) is 0. The predicted octanol–water partition coefficient (Wildman–Crippen LogP) is 1.32. The molecule has 2 heterocycles. The first kappa shape index (κ1) is 10.6. The minimum absolute atomic E-state index is 0.419. The highest BCUT2D eigenvalue weighted by Gasteiger charge is 2.24. The van der Waals surface area contributed by atoms with E-state index >= 15 is 0 Å². The molecule has 6 nitrogen and oxygen atoms in total. The van der Waals surface area contributed by atoms with E-state index in [2.05, 4.69) is 4.74 Å². The van der Waals surface area contributed by atoms with E-state index in [1.54, 1.807) is 12.1 Å². The Bertz CT molecular complexity index is 731. The molecule has 3 rings (SSSR count). The van der Waals surface area contributed by atoms with E-state index in [4.69, 9.17) is 5.11 Å². The van der Waals surface area contributed by atoms with Crippen molar-refractivity contribution in [1.82, 2.24) is 4.57 Å². The molecule has 0 spiro atoms. The molecule has 0 amide bonds. The lowest BCUT2D eigenvalue weighted by Crippen LogP contribution is -2.22. The molecule has 6 heteroatoms. The van der Waals surface area contributed by atoms with E-state index in [0.29, 0.717) is 23.9 Å². The third kappa shape index (κ3) is 1.29. The number of para-hydroxylation sites is 1. The van der Waals surface area contributed by atoms with Crippen molar-refractivity contribution >= 4 is 17.1 Å². The summed E-state index contributed by atoms with van der Waals surface area (Å²) in [5.74, 6) is -0.952. The summed E-state index contributed by atoms with van der Waals surface area (Å²) in [5, 5.41) is 19.0. The highest BCUT2D eigenvalue weighted by Crippen LogP contribution is 2.35. The van der Waals surface area contributed by atoms with E-state index in [1.807, 2.05) is 6.07 Å². The predicted molar refractivity (Wildman–Crippen MR) is 62.2 cm³/mol. The van der Waals surface area contributed by atoms with Gasteiger partial charge >= 0.3 is 6.16 Å². The number of aromatic nitrogens is 1. The summed E-state index contributed by atoms with van der Waals surface area (Å²) < 4.78 is 5.82. The second-order valence-corrected chi connectivity index (χ2v) is 4.07. The number of nitrogens with zero attached hydrogens (tertiary/aromatic N) is 1. The molecule has 0 bridgehead atoms. The molecule has 0 atom stereocenters. The fourth-order valence-corrected chi connectivity index (χ4v) is 2.38. The van der Waals surface area contributed by atoms with Crippen LogP contribution in [0.2, 0.25) is 0 Å². The van der Waals surface area contributed by atoms with Crippen LogP contribution in [0.15, 0.2) is 23.0 Å². The molecule has 0 unspecified atom stereocenters. The monoisotopic (exact) mass is 247 g/mol. The summed E-state index contributed by atoms with van der Waals surface area (Å²) >= 11 is 0. The van der Waals surface area contributed by atoms with Crippen LogP contribution in [0.25, 0.3) is 10.9 Å². The first-order valence-corrected chi connectivity index (χ1v) is 5.37. The maximum absolute atomic E-state index is 12.0. The summed E-state index contributed by atoms with van der Waals surface area (Å²) in [6, 6.07) is 5.26. The highest BCUT2D eigenvalue weighted by molar-refractivity contribution is 5.91. The van der Waals surface area contributed by atoms with E-state index in [9.17, 15) is 14.7 Å². The highest BCUT2D eigenvalue weighted by atomic mass is 16.7. The molecule has 1 aromatic carbocycles. The van der Waals surface area contributed by atoms with E-state index in [1.165, 1.54) is 4.57 Å². The van der Waals surface area contributed by atoms with Gasteiger partial charge in [0.2, 0.25) is 5.75 Å². The molecule has 0 fully saturated rings. The van der Waals surface area contributed by atoms with Crippen LogP contribution < -0.4 is 10.3 Å². The Labute approximate surface area is 101 Å². The number of ether oxygens (including phenoxy) is 1. The first-order valence-electron chi connectivity index (χ1n) is 5.37. The molecule has 2 aromatic rings. The van der Waals surface area contributed by atoms with Gasteiger partial charge in [-0.15, -0.1) is 0 Å². The minimum atomic E-state index is -1.62. The minimum Gasteiger partial charge on any atom is -0.504 e. The number of hydrogen-bond acceptors (Lipinski definition) is 4. The molecule has 2 N–H and O–H groups in total. The van der Waals surface area contributed by atoms with Gasteiger partial charge < -0.3 is 19.5 Å². The Balaban J connectivity index is 2.43. The van der Waals surface area contributed by atoms with Gasteiger partial charge in [0.15, 0.2) is 5.75 Å². The van der Waals surface area contributed by atoms with E-state index in [0.717, 1.165) is 5.56 Å². The van der Waals surface area contributed by atoms with Crippen molar-refractivity contribution in [3.63, 3.8) is 0 Å². The smallest absolute Gasteiger partial charge is 0.504 e. The summed E-state index contributed by atoms with van der Waals surface area (Å²) in [6.07, 6.45) is -0.938. The Hall–Kier alpha value is -2.50. The van der Waals surface area contributed by atoms with Crippen LogP contribution in [-0.2, 0) is 13.0 Å². The Kier molecular flexibility index (Phi) is 2.07. The maximum atomic E-state index is 12.0. The molecule has 0 aliphatic carbocycles. The number of aromatic hydroxyl groups is 1. The van der Waals surface area contributed by atoms with Gasteiger partial charge in [-0.25, -0.2) is 4.79 Å². The van der Waals surface area contributed by atoms with Crippen molar-refractivity contribution in [1.29, 1.82) is 0 Å². The van der Waals surface area contributed by atoms with Crippen LogP contribution in [0.4, 0.5) is 4.79 Å². The topological polar surface area (TPSA) is 88.8 Å². The molecule has 1 aliphatic heterocycles. The Morgan fingerprint density at radius 2 is 2.17 bits per heavy atom. The number of hydrogen-bond donors (Lipinski definition) is 2. The molecule has 0 saturated carbocycles. The van der Waals surface area contributed by atoms with Crippen LogP contribution >= 0.6 is 0 Å². The number of aryl methyl sites for hydroxylation is 2. The van der Waals surface area contributed by atoms with Crippen molar-refractivity contribution in [2.75, 3.05) is 0 Å². The van der Waals surface area contributed by atoms with Gasteiger partial charge in [-0.1, -0.05) is 12.1 Å². The zero-order valence-corrected chi connectivity index (χ0v) is 9.21. The van der Waals surface area contributed by atoms with Crippen molar-refractivity contribution < 1.29 is 19.7 Å². The van der Waals surface area contributed by atoms with Gasteiger partial charge in [0.1, 0.15) is 0 Å². The second kappa shape index (κ2) is 3.49. The Morgan fingerprint density at radius 1 is 1.39 bits per heavy atom. The molecule has 1 aromatic heterocycles. The summed E-state index contributed by atoms with van der Waals surface area (Å²) in [5.41, 5.74) is 0.992. The quantitative estimate of drug-likeness (QED) is 0.742. The maximum Gasteiger partial charge on any atom is 0.511 e. The van der Waals surface area contributed by atoms with E-state index < -0.39 is 23.2 Å². The van der Waals surface area contributed by atoms with Crippen LogP contribution in [0.5, 0.6) is 11.5 Å². The van der Waals surface area contributed by atoms with Crippen molar-refractivity contribution in [3.8, 4) is 11.5 Å². The number of rotatable bonds is 1. The van der Waals surface area contributed by atoms with Crippen LogP contribution in [0.3, 0.4) is 0 Å². The van der Waals surface area contributed by atoms with Crippen molar-refractivity contribution in [3.05, 3.63) is 34.1 Å². The fraction of sp³-hybridized carbons (Fsp3) is 0.167. The number of carbonyl (C=O) groups is 1. The SMILES string of the molecule is O=C(O)Oc1c(O)c2cccc3c2n(c1=O)CC3. The number of benzene rings is 1. The molecule has 92 valence electrons. The average molecular weight is 247 g/mol. The molecule has 0 radical (unpaired) electrons. The molecular formula is C12H9NO5. The van der Waals surface area contributed by atoms with Gasteiger partial charge in [-0.3, -0.25) is 4.79 Å². The van der Waals surface area contributed by atoms with Crippen LogP contribution in [0.1, 0.15) is 5.56 Å². The van der Waals surface area contributed by atoms with Gasteiger partial charge in [0.25, 0.3) is 5.56 Å². The van der Waals surface area contributed by atoms with Crippen molar-refractivity contribution in [2.24, 2.45) is 0 Å². The number of carboxylic acid groups (broad SMARTS) is 1. The summed E-state index contributed by atoms with van der Waals surface area (Å²) in [6.45, 7) is 0.463. The van der Waals surface area contributed by atoms with Crippen molar-refractivity contribution in [2.45, 2.75) is 13.0 Å². The Morgan fingerprint density at radius 3 is 2.89 bits per heavy atom. The molecular weight excluding hydrogens is 238 g/mol. The second-order valence-electron chi connectivity index (χ2n) is 4.07. The lowest BCUT2D eigenvalue weighted by molar-refractivity contribution is 0.142. The average Bonchev–Trinajstić information content (AvgIpc) is 2.76. The standard InChI is InChI=1S/C12H9NO5/c14-9-7-3-1-2-6-4-5-13(8(6)7)11(15)10(9)18-12(16)17/h1-3,14H,4-5H2,(H,16,17). The lowest BCUT2D eigenvalue weighted by Gasteiger charge is -2.09. The third-order valence-electron chi connectivity index (χ3n) is 3.09. The zero-order chi connectivity index (χ0) is 12.9. The van der Waals surface area contributed by atoms with Gasteiger partial charge in [-0.2, -0.15) is 0 Å². The van der Waals surface area contributed by atoms with Crippen LogP contribution in [-0.4, -0.2) is 20.9 Å². The third-order valence-corrected chi connectivity index (χ3v) is 3.09.